The van der Waals surface area contributed by atoms with Crippen LogP contribution in [0.25, 0.3) is 11.3 Å². The zero-order chi connectivity index (χ0) is 15.8. The molecule has 1 aliphatic rings. The van der Waals surface area contributed by atoms with Gasteiger partial charge in [0.05, 0.1) is 0 Å². The minimum absolute atomic E-state index is 0.0666. The molecule has 5 heteroatoms. The summed E-state index contributed by atoms with van der Waals surface area (Å²) in [6, 6.07) is 11.2. The van der Waals surface area contributed by atoms with Crippen LogP contribution in [0.5, 0.6) is 5.75 Å². The topological polar surface area (TPSA) is 80.9 Å². The van der Waals surface area contributed by atoms with Crippen molar-refractivity contribution in [2.24, 2.45) is 0 Å². The average Bonchev–Trinajstić information content (AvgIpc) is 3.19. The number of aromatic amines is 2. The number of phenols is 1. The van der Waals surface area contributed by atoms with E-state index in [-0.39, 0.29) is 17.6 Å². The van der Waals surface area contributed by atoms with E-state index in [1.54, 1.807) is 12.1 Å². The Hall–Kier alpha value is -2.95. The van der Waals surface area contributed by atoms with E-state index in [0.29, 0.717) is 12.2 Å². The van der Waals surface area contributed by atoms with Crippen LogP contribution in [0.3, 0.4) is 0 Å². The maximum atomic E-state index is 12.3. The summed E-state index contributed by atoms with van der Waals surface area (Å²) in [4.78, 5) is 18.6. The van der Waals surface area contributed by atoms with Gasteiger partial charge in [-0.1, -0.05) is 12.1 Å². The lowest BCUT2D eigenvalue weighted by molar-refractivity contribution is 0.0952. The van der Waals surface area contributed by atoms with Gasteiger partial charge in [-0.25, -0.2) is 0 Å². The van der Waals surface area contributed by atoms with E-state index in [2.05, 4.69) is 21.4 Å². The zero-order valence-corrected chi connectivity index (χ0v) is 12.5. The fraction of sp³-hybridized carbons (Fsp3) is 0.167. The monoisotopic (exact) mass is 307 g/mol. The van der Waals surface area contributed by atoms with Crippen molar-refractivity contribution >= 4 is 5.91 Å². The molecule has 4 rings (SSSR count). The van der Waals surface area contributed by atoms with Gasteiger partial charge in [0, 0.05) is 36.1 Å². The van der Waals surface area contributed by atoms with Crippen molar-refractivity contribution in [3.63, 3.8) is 0 Å². The predicted octanol–water partition coefficient (Wildman–Crippen LogP) is 2.98. The van der Waals surface area contributed by atoms with Crippen molar-refractivity contribution < 1.29 is 9.90 Å². The number of H-pyrrole nitrogens is 2. The van der Waals surface area contributed by atoms with Gasteiger partial charge in [-0.2, -0.15) is 0 Å². The second-order valence-electron chi connectivity index (χ2n) is 5.80. The number of carbonyl (C=O) groups excluding carboxylic acids is 1. The number of carbonyl (C=O) groups is 1. The molecule has 0 fully saturated rings. The molecule has 1 unspecified atom stereocenters. The number of nitrogens with one attached hydrogen (secondary N) is 3. The number of rotatable bonds is 2. The molecule has 2 aromatic heterocycles. The van der Waals surface area contributed by atoms with Gasteiger partial charge in [0.2, 0.25) is 0 Å². The molecule has 4 N–H and O–H groups in total. The Morgan fingerprint density at radius 3 is 2.70 bits per heavy atom. The number of aromatic hydroxyl groups is 1. The first-order valence-electron chi connectivity index (χ1n) is 7.65. The van der Waals surface area contributed by atoms with Crippen LogP contribution in [-0.4, -0.2) is 27.5 Å². The molecule has 0 bridgehead atoms. The minimum Gasteiger partial charge on any atom is -0.508 e. The molecule has 23 heavy (non-hydrogen) atoms. The molecule has 0 spiro atoms. The Kier molecular flexibility index (Phi) is 3.19. The van der Waals surface area contributed by atoms with Gasteiger partial charge in [0.15, 0.2) is 0 Å². The Morgan fingerprint density at radius 2 is 1.96 bits per heavy atom. The second-order valence-corrected chi connectivity index (χ2v) is 5.80. The lowest BCUT2D eigenvalue weighted by Gasteiger charge is -2.14. The molecule has 3 aromatic rings. The van der Waals surface area contributed by atoms with Crippen molar-refractivity contribution in [3.05, 3.63) is 65.6 Å². The quantitative estimate of drug-likeness (QED) is 0.587. The first-order chi connectivity index (χ1) is 11.2. The maximum absolute atomic E-state index is 12.3. The number of aromatic nitrogens is 2. The first kappa shape index (κ1) is 13.7. The third-order valence-electron chi connectivity index (χ3n) is 4.37. The van der Waals surface area contributed by atoms with Crippen LogP contribution in [0.2, 0.25) is 0 Å². The summed E-state index contributed by atoms with van der Waals surface area (Å²) in [5, 5.41) is 12.4. The summed E-state index contributed by atoms with van der Waals surface area (Å²) in [6.45, 7) is 0.631. The smallest absolute Gasteiger partial charge is 0.268 e. The SMILES string of the molecule is O=C1NCCC(c2ccc(O)cc2)c2cc(-c3cc[nH]c3)[nH]c21. The number of hydrogen-bond acceptors (Lipinski definition) is 2. The first-order valence-corrected chi connectivity index (χ1v) is 7.65. The molecular weight excluding hydrogens is 290 g/mol. The van der Waals surface area contributed by atoms with E-state index >= 15 is 0 Å². The van der Waals surface area contributed by atoms with Crippen LogP contribution in [-0.2, 0) is 0 Å². The van der Waals surface area contributed by atoms with Crippen molar-refractivity contribution in [1.82, 2.24) is 15.3 Å². The highest BCUT2D eigenvalue weighted by Gasteiger charge is 2.27. The molecule has 1 aromatic carbocycles. The van der Waals surface area contributed by atoms with Gasteiger partial charge < -0.3 is 20.4 Å². The number of benzene rings is 1. The Balaban J connectivity index is 1.82. The number of fused-ring (bicyclic) bond motifs is 1. The number of phenolic OH excluding ortho intramolecular Hbond substituents is 1. The molecule has 5 nitrogen and oxygen atoms in total. The van der Waals surface area contributed by atoms with E-state index in [1.165, 1.54) is 0 Å². The average molecular weight is 307 g/mol. The molecular formula is C18H17N3O2. The third-order valence-corrected chi connectivity index (χ3v) is 4.37. The summed E-state index contributed by atoms with van der Waals surface area (Å²) < 4.78 is 0. The summed E-state index contributed by atoms with van der Waals surface area (Å²) >= 11 is 0. The van der Waals surface area contributed by atoms with Gasteiger partial charge in [-0.05, 0) is 41.8 Å². The lowest BCUT2D eigenvalue weighted by Crippen LogP contribution is -2.23. The molecule has 116 valence electrons. The Labute approximate surface area is 133 Å². The zero-order valence-electron chi connectivity index (χ0n) is 12.5. The molecule has 0 saturated carbocycles. The minimum atomic E-state index is -0.0666. The van der Waals surface area contributed by atoms with Crippen LogP contribution in [0, 0.1) is 0 Å². The highest BCUT2D eigenvalue weighted by Crippen LogP contribution is 2.35. The van der Waals surface area contributed by atoms with Gasteiger partial charge in [0.1, 0.15) is 11.4 Å². The Bertz CT molecular complexity index is 832. The van der Waals surface area contributed by atoms with Crippen molar-refractivity contribution in [2.45, 2.75) is 12.3 Å². The molecule has 0 aliphatic carbocycles. The van der Waals surface area contributed by atoms with Crippen molar-refractivity contribution in [3.8, 4) is 17.0 Å². The fourth-order valence-corrected chi connectivity index (χ4v) is 3.21. The van der Waals surface area contributed by atoms with Gasteiger partial charge in [0.25, 0.3) is 5.91 Å². The van der Waals surface area contributed by atoms with Crippen molar-refractivity contribution in [1.29, 1.82) is 0 Å². The van der Waals surface area contributed by atoms with E-state index in [4.69, 9.17) is 0 Å². The van der Waals surface area contributed by atoms with E-state index in [9.17, 15) is 9.90 Å². The normalized spacial score (nSPS) is 17.4. The molecule has 0 radical (unpaired) electrons. The van der Waals surface area contributed by atoms with Gasteiger partial charge >= 0.3 is 0 Å². The highest BCUT2D eigenvalue weighted by atomic mass is 16.3. The van der Waals surface area contributed by atoms with Gasteiger partial charge in [-0.3, -0.25) is 4.79 Å². The summed E-state index contributed by atoms with van der Waals surface area (Å²) in [6.07, 6.45) is 4.59. The maximum Gasteiger partial charge on any atom is 0.268 e. The highest BCUT2D eigenvalue weighted by molar-refractivity contribution is 5.96. The van der Waals surface area contributed by atoms with Gasteiger partial charge in [-0.15, -0.1) is 0 Å². The van der Waals surface area contributed by atoms with Crippen molar-refractivity contribution in [2.75, 3.05) is 6.54 Å². The fourth-order valence-electron chi connectivity index (χ4n) is 3.21. The van der Waals surface area contributed by atoms with Crippen LogP contribution in [0.1, 0.15) is 34.0 Å². The summed E-state index contributed by atoms with van der Waals surface area (Å²) in [7, 11) is 0. The lowest BCUT2D eigenvalue weighted by atomic mass is 9.89. The standard InChI is InChI=1S/C18H17N3O2/c22-13-3-1-11(2-4-13)14-6-8-20-18(23)17-15(14)9-16(21-17)12-5-7-19-10-12/h1-5,7,9-10,14,19,21-22H,6,8H2,(H,20,23). The third kappa shape index (κ3) is 2.40. The predicted molar refractivity (Wildman–Crippen MR) is 87.5 cm³/mol. The second kappa shape index (κ2) is 5.35. The molecule has 1 atom stereocenters. The molecule has 1 aliphatic heterocycles. The molecule has 3 heterocycles. The number of hydrogen-bond donors (Lipinski definition) is 4. The largest absolute Gasteiger partial charge is 0.508 e. The van der Waals surface area contributed by atoms with Crippen LogP contribution < -0.4 is 5.32 Å². The summed E-state index contributed by atoms with van der Waals surface area (Å²) in [5.41, 5.74) is 4.67. The van der Waals surface area contributed by atoms with Crippen LogP contribution in [0.4, 0.5) is 0 Å². The molecule has 0 saturated heterocycles. The van der Waals surface area contributed by atoms with E-state index < -0.39 is 0 Å². The number of amides is 1. The van der Waals surface area contributed by atoms with E-state index in [0.717, 1.165) is 28.8 Å². The van der Waals surface area contributed by atoms with Crippen LogP contribution in [0.15, 0.2) is 48.8 Å². The summed E-state index contributed by atoms with van der Waals surface area (Å²) in [5.74, 6) is 0.301. The van der Waals surface area contributed by atoms with E-state index in [1.807, 2.05) is 30.6 Å². The van der Waals surface area contributed by atoms with Crippen LogP contribution >= 0.6 is 0 Å². The molecule has 1 amide bonds. The Morgan fingerprint density at radius 1 is 1.13 bits per heavy atom.